The maximum absolute atomic E-state index is 13.1. The zero-order valence-corrected chi connectivity index (χ0v) is 13.4. The first-order valence-corrected chi connectivity index (χ1v) is 8.72. The van der Waals surface area contributed by atoms with Gasteiger partial charge in [0.05, 0.1) is 5.75 Å². The molecule has 7 heteroatoms. The van der Waals surface area contributed by atoms with Crippen LogP contribution in [0.2, 0.25) is 0 Å². The number of nitrogens with one attached hydrogen (secondary N) is 2. The highest BCUT2D eigenvalue weighted by atomic mass is 32.2. The van der Waals surface area contributed by atoms with Crippen LogP contribution in [0.15, 0.2) is 48.5 Å². The van der Waals surface area contributed by atoms with Crippen LogP contribution in [-0.4, -0.2) is 20.1 Å². The zero-order valence-electron chi connectivity index (χ0n) is 12.5. The zero-order chi connectivity index (χ0) is 16.9. The molecule has 2 aromatic carbocycles. The lowest BCUT2D eigenvalue weighted by Gasteiger charge is -2.09. The Hall–Kier alpha value is -2.41. The molecule has 0 saturated carbocycles. The van der Waals surface area contributed by atoms with Crippen LogP contribution in [0.5, 0.6) is 0 Å². The second-order valence-corrected chi connectivity index (χ2v) is 6.80. The van der Waals surface area contributed by atoms with Crippen LogP contribution >= 0.6 is 0 Å². The molecule has 0 heterocycles. The molecule has 23 heavy (non-hydrogen) atoms. The average Bonchev–Trinajstić information content (AvgIpc) is 2.49. The van der Waals surface area contributed by atoms with Crippen molar-refractivity contribution in [2.45, 2.75) is 13.3 Å². The Morgan fingerprint density at radius 2 is 1.74 bits per heavy atom. The second kappa shape index (κ2) is 7.23. The van der Waals surface area contributed by atoms with Crippen LogP contribution in [-0.2, 0) is 10.0 Å². The lowest BCUT2D eigenvalue weighted by Crippen LogP contribution is -2.16. The van der Waals surface area contributed by atoms with Gasteiger partial charge in [0, 0.05) is 16.9 Å². The Morgan fingerprint density at radius 1 is 1.09 bits per heavy atom. The van der Waals surface area contributed by atoms with E-state index in [1.165, 1.54) is 18.2 Å². The van der Waals surface area contributed by atoms with E-state index < -0.39 is 21.7 Å². The highest BCUT2D eigenvalue weighted by molar-refractivity contribution is 7.92. The van der Waals surface area contributed by atoms with Gasteiger partial charge in [-0.1, -0.05) is 13.0 Å². The third-order valence-electron chi connectivity index (χ3n) is 2.98. The Bertz CT molecular complexity index is 789. The molecule has 0 aromatic heterocycles. The fraction of sp³-hybridized carbons (Fsp3) is 0.188. The number of halogens is 1. The summed E-state index contributed by atoms with van der Waals surface area (Å²) >= 11 is 0. The van der Waals surface area contributed by atoms with Crippen molar-refractivity contribution in [3.8, 4) is 0 Å². The Kier molecular flexibility index (Phi) is 5.33. The molecule has 0 atom stereocenters. The summed E-state index contributed by atoms with van der Waals surface area (Å²) in [7, 11) is -3.35. The summed E-state index contributed by atoms with van der Waals surface area (Å²) in [6.07, 6.45) is 0.525. The number of carbonyl (C=O) groups excluding carboxylic acids is 1. The van der Waals surface area contributed by atoms with Crippen LogP contribution < -0.4 is 10.0 Å². The van der Waals surface area contributed by atoms with Crippen LogP contribution in [0, 0.1) is 5.82 Å². The van der Waals surface area contributed by atoms with Gasteiger partial charge in [0.1, 0.15) is 5.82 Å². The smallest absolute Gasteiger partial charge is 0.255 e. The van der Waals surface area contributed by atoms with Crippen LogP contribution in [0.4, 0.5) is 15.8 Å². The topological polar surface area (TPSA) is 75.3 Å². The summed E-state index contributed by atoms with van der Waals surface area (Å²) in [4.78, 5) is 12.0. The number of anilines is 2. The number of hydrogen-bond acceptors (Lipinski definition) is 3. The maximum Gasteiger partial charge on any atom is 0.255 e. The molecule has 0 saturated heterocycles. The van der Waals surface area contributed by atoms with Crippen LogP contribution in [0.1, 0.15) is 23.7 Å². The van der Waals surface area contributed by atoms with Crippen molar-refractivity contribution >= 4 is 27.3 Å². The van der Waals surface area contributed by atoms with E-state index in [0.29, 0.717) is 17.8 Å². The van der Waals surface area contributed by atoms with Crippen LogP contribution in [0.25, 0.3) is 0 Å². The standard InChI is InChI=1S/C16H17FN2O3S/c1-2-10-23(21,22)19-15-8-6-14(7-9-15)18-16(20)12-4-3-5-13(17)11-12/h3-9,11,19H,2,10H2,1H3,(H,18,20). The van der Waals surface area contributed by atoms with Gasteiger partial charge >= 0.3 is 0 Å². The van der Waals surface area contributed by atoms with E-state index in [2.05, 4.69) is 10.0 Å². The van der Waals surface area contributed by atoms with Gasteiger partial charge < -0.3 is 5.32 Å². The molecule has 2 N–H and O–H groups in total. The number of hydrogen-bond donors (Lipinski definition) is 2. The molecule has 0 aliphatic rings. The number of rotatable bonds is 6. The normalized spacial score (nSPS) is 11.0. The van der Waals surface area contributed by atoms with Gasteiger partial charge in [-0.05, 0) is 48.9 Å². The molecule has 0 unspecified atom stereocenters. The Labute approximate surface area is 134 Å². The van der Waals surface area contributed by atoms with E-state index in [-0.39, 0.29) is 11.3 Å². The summed E-state index contributed by atoms with van der Waals surface area (Å²) < 4.78 is 38.9. The van der Waals surface area contributed by atoms with Crippen molar-refractivity contribution in [3.63, 3.8) is 0 Å². The maximum atomic E-state index is 13.1. The second-order valence-electron chi connectivity index (χ2n) is 4.96. The number of carbonyl (C=O) groups is 1. The lowest BCUT2D eigenvalue weighted by atomic mass is 10.2. The first-order valence-electron chi connectivity index (χ1n) is 7.07. The molecule has 0 aliphatic carbocycles. The fourth-order valence-electron chi connectivity index (χ4n) is 1.95. The van der Waals surface area contributed by atoms with Gasteiger partial charge in [-0.2, -0.15) is 0 Å². The highest BCUT2D eigenvalue weighted by Crippen LogP contribution is 2.16. The summed E-state index contributed by atoms with van der Waals surface area (Å²) in [6, 6.07) is 11.6. The molecule has 2 rings (SSSR count). The minimum Gasteiger partial charge on any atom is -0.322 e. The molecule has 0 fully saturated rings. The largest absolute Gasteiger partial charge is 0.322 e. The van der Waals surface area contributed by atoms with E-state index in [4.69, 9.17) is 0 Å². The van der Waals surface area contributed by atoms with Crippen molar-refractivity contribution in [2.24, 2.45) is 0 Å². The van der Waals surface area contributed by atoms with E-state index in [1.807, 2.05) is 0 Å². The van der Waals surface area contributed by atoms with Gasteiger partial charge in [0.25, 0.3) is 5.91 Å². The molecule has 1 amide bonds. The van der Waals surface area contributed by atoms with E-state index in [1.54, 1.807) is 31.2 Å². The molecule has 122 valence electrons. The third-order valence-corrected chi connectivity index (χ3v) is 4.47. The molecule has 0 spiro atoms. The molecule has 2 aromatic rings. The minimum atomic E-state index is -3.35. The molecule has 0 aliphatic heterocycles. The van der Waals surface area contributed by atoms with E-state index in [9.17, 15) is 17.6 Å². The number of amides is 1. The number of sulfonamides is 1. The van der Waals surface area contributed by atoms with Gasteiger partial charge in [-0.25, -0.2) is 12.8 Å². The highest BCUT2D eigenvalue weighted by Gasteiger charge is 2.10. The monoisotopic (exact) mass is 336 g/mol. The SMILES string of the molecule is CCCS(=O)(=O)Nc1ccc(NC(=O)c2cccc(F)c2)cc1. The molecule has 0 bridgehead atoms. The molecule has 5 nitrogen and oxygen atoms in total. The van der Waals surface area contributed by atoms with Crippen molar-refractivity contribution < 1.29 is 17.6 Å². The average molecular weight is 336 g/mol. The summed E-state index contributed by atoms with van der Waals surface area (Å²) in [5, 5.41) is 2.62. The summed E-state index contributed by atoms with van der Waals surface area (Å²) in [5.41, 5.74) is 1.11. The van der Waals surface area contributed by atoms with Gasteiger partial charge in [0.2, 0.25) is 10.0 Å². The Morgan fingerprint density at radius 3 is 2.35 bits per heavy atom. The predicted octanol–water partition coefficient (Wildman–Crippen LogP) is 3.23. The molecular formula is C16H17FN2O3S. The third kappa shape index (κ3) is 5.07. The predicted molar refractivity (Wildman–Crippen MR) is 88.5 cm³/mol. The first kappa shape index (κ1) is 17.0. The lowest BCUT2D eigenvalue weighted by molar-refractivity contribution is 0.102. The van der Waals surface area contributed by atoms with Gasteiger partial charge in [0.15, 0.2) is 0 Å². The Balaban J connectivity index is 2.04. The van der Waals surface area contributed by atoms with Crippen molar-refractivity contribution in [1.82, 2.24) is 0 Å². The number of benzene rings is 2. The summed E-state index contributed by atoms with van der Waals surface area (Å²) in [6.45, 7) is 1.78. The molecular weight excluding hydrogens is 319 g/mol. The van der Waals surface area contributed by atoms with E-state index >= 15 is 0 Å². The minimum absolute atomic E-state index is 0.0467. The van der Waals surface area contributed by atoms with Crippen molar-refractivity contribution in [1.29, 1.82) is 0 Å². The van der Waals surface area contributed by atoms with E-state index in [0.717, 1.165) is 6.07 Å². The van der Waals surface area contributed by atoms with Crippen molar-refractivity contribution in [2.75, 3.05) is 15.8 Å². The first-order chi connectivity index (χ1) is 10.9. The fourth-order valence-corrected chi connectivity index (χ4v) is 3.09. The van der Waals surface area contributed by atoms with Gasteiger partial charge in [-0.15, -0.1) is 0 Å². The quantitative estimate of drug-likeness (QED) is 0.850. The van der Waals surface area contributed by atoms with Gasteiger partial charge in [-0.3, -0.25) is 9.52 Å². The molecule has 0 radical (unpaired) electrons. The van der Waals surface area contributed by atoms with Crippen molar-refractivity contribution in [3.05, 3.63) is 59.9 Å². The van der Waals surface area contributed by atoms with Crippen LogP contribution in [0.3, 0.4) is 0 Å². The summed E-state index contributed by atoms with van der Waals surface area (Å²) in [5.74, 6) is -0.882.